The first-order valence-electron chi connectivity index (χ1n) is 6.00. The van der Waals surface area contributed by atoms with Gasteiger partial charge in [-0.1, -0.05) is 11.6 Å². The highest BCUT2D eigenvalue weighted by Gasteiger charge is 2.19. The Morgan fingerprint density at radius 3 is 2.81 bits per heavy atom. The summed E-state index contributed by atoms with van der Waals surface area (Å²) in [5.74, 6) is -0.104. The Morgan fingerprint density at radius 2 is 2.25 bits per heavy atom. The normalized spacial score (nSPS) is 21.5. The smallest absolute Gasteiger partial charge is 0.306 e. The van der Waals surface area contributed by atoms with Gasteiger partial charge in [0.2, 0.25) is 0 Å². The van der Waals surface area contributed by atoms with Crippen molar-refractivity contribution in [2.45, 2.75) is 58.6 Å². The summed E-state index contributed by atoms with van der Waals surface area (Å²) in [5, 5.41) is 3.41. The average Bonchev–Trinajstić information content (AvgIpc) is 2.14. The Balaban J connectivity index is 2.31. The molecule has 16 heavy (non-hydrogen) atoms. The van der Waals surface area contributed by atoms with Crippen molar-refractivity contribution >= 4 is 5.97 Å². The molecule has 0 amide bonds. The molecule has 0 aliphatic carbocycles. The fourth-order valence-corrected chi connectivity index (χ4v) is 1.85. The second-order valence-electron chi connectivity index (χ2n) is 5.37. The van der Waals surface area contributed by atoms with E-state index in [1.807, 2.05) is 20.8 Å². The van der Waals surface area contributed by atoms with E-state index in [0.29, 0.717) is 12.5 Å². The van der Waals surface area contributed by atoms with Crippen LogP contribution in [0.2, 0.25) is 0 Å². The summed E-state index contributed by atoms with van der Waals surface area (Å²) in [5.41, 5.74) is 0.969. The Morgan fingerprint density at radius 1 is 1.56 bits per heavy atom. The van der Waals surface area contributed by atoms with Gasteiger partial charge < -0.3 is 10.1 Å². The van der Waals surface area contributed by atoms with E-state index in [-0.39, 0.29) is 11.6 Å². The maximum atomic E-state index is 11.5. The van der Waals surface area contributed by atoms with Crippen molar-refractivity contribution in [3.8, 4) is 0 Å². The lowest BCUT2D eigenvalue weighted by atomic mass is 9.99. The number of hydrogen-bond donors (Lipinski definition) is 1. The van der Waals surface area contributed by atoms with Crippen LogP contribution in [0.3, 0.4) is 0 Å². The zero-order chi connectivity index (χ0) is 12.2. The summed E-state index contributed by atoms with van der Waals surface area (Å²) in [4.78, 5) is 11.5. The van der Waals surface area contributed by atoms with Crippen LogP contribution in [0.25, 0.3) is 0 Å². The van der Waals surface area contributed by atoms with Crippen LogP contribution >= 0.6 is 0 Å². The number of rotatable bonds is 3. The maximum Gasteiger partial charge on any atom is 0.306 e. The number of hydrogen-bond acceptors (Lipinski definition) is 3. The first kappa shape index (κ1) is 13.2. The fourth-order valence-electron chi connectivity index (χ4n) is 1.85. The van der Waals surface area contributed by atoms with Crippen molar-refractivity contribution in [1.82, 2.24) is 5.32 Å². The van der Waals surface area contributed by atoms with Gasteiger partial charge in [-0.2, -0.15) is 0 Å². The zero-order valence-electron chi connectivity index (χ0n) is 10.8. The largest absolute Gasteiger partial charge is 0.460 e. The lowest BCUT2D eigenvalue weighted by Crippen LogP contribution is -2.35. The first-order chi connectivity index (χ1) is 7.38. The molecule has 0 saturated carbocycles. The van der Waals surface area contributed by atoms with Gasteiger partial charge in [-0.05, 0) is 47.1 Å². The molecule has 1 N–H and O–H groups in total. The molecule has 1 rings (SSSR count). The molecule has 0 fully saturated rings. The molecule has 0 aromatic carbocycles. The third-order valence-corrected chi connectivity index (χ3v) is 2.61. The predicted molar refractivity (Wildman–Crippen MR) is 65.2 cm³/mol. The standard InChI is InChI=1S/C13H23NO2/c1-10-6-5-9-14-11(10)7-8-12(15)16-13(2,3)4/h6,11,14H,5,7-9H2,1-4H3/t11-/m1/s1. The van der Waals surface area contributed by atoms with Crippen LogP contribution in [0.5, 0.6) is 0 Å². The van der Waals surface area contributed by atoms with E-state index < -0.39 is 0 Å². The van der Waals surface area contributed by atoms with Gasteiger partial charge in [-0.25, -0.2) is 0 Å². The number of ether oxygens (including phenoxy) is 1. The Labute approximate surface area is 98.2 Å². The Hall–Kier alpha value is -0.830. The molecule has 0 spiro atoms. The maximum absolute atomic E-state index is 11.5. The van der Waals surface area contributed by atoms with E-state index in [9.17, 15) is 4.79 Å². The van der Waals surface area contributed by atoms with Gasteiger partial charge in [0.15, 0.2) is 0 Å². The molecular weight excluding hydrogens is 202 g/mol. The SMILES string of the molecule is CC1=CCCN[C@@H]1CCC(=O)OC(C)(C)C. The van der Waals surface area contributed by atoms with E-state index >= 15 is 0 Å². The minimum atomic E-state index is -0.373. The molecule has 1 atom stereocenters. The first-order valence-corrected chi connectivity index (χ1v) is 6.00. The van der Waals surface area contributed by atoms with E-state index in [2.05, 4.69) is 18.3 Å². The molecule has 0 unspecified atom stereocenters. The third kappa shape index (κ3) is 4.79. The second-order valence-corrected chi connectivity index (χ2v) is 5.37. The van der Waals surface area contributed by atoms with Gasteiger partial charge in [0, 0.05) is 12.5 Å². The second kappa shape index (κ2) is 5.48. The predicted octanol–water partition coefficient (Wildman–Crippen LogP) is 2.42. The van der Waals surface area contributed by atoms with Gasteiger partial charge in [-0.3, -0.25) is 4.79 Å². The number of esters is 1. The van der Waals surface area contributed by atoms with Crippen LogP contribution in [-0.4, -0.2) is 24.2 Å². The van der Waals surface area contributed by atoms with Crippen molar-refractivity contribution in [2.24, 2.45) is 0 Å². The van der Waals surface area contributed by atoms with E-state index in [0.717, 1.165) is 19.4 Å². The molecule has 0 bridgehead atoms. The van der Waals surface area contributed by atoms with E-state index in [4.69, 9.17) is 4.74 Å². The van der Waals surface area contributed by atoms with Crippen molar-refractivity contribution in [1.29, 1.82) is 0 Å². The third-order valence-electron chi connectivity index (χ3n) is 2.61. The Bertz CT molecular complexity index is 276. The van der Waals surface area contributed by atoms with Crippen molar-refractivity contribution in [3.05, 3.63) is 11.6 Å². The van der Waals surface area contributed by atoms with Gasteiger partial charge in [-0.15, -0.1) is 0 Å². The molecule has 3 heteroatoms. The molecule has 92 valence electrons. The molecule has 0 radical (unpaired) electrons. The van der Waals surface area contributed by atoms with E-state index in [1.54, 1.807) is 0 Å². The quantitative estimate of drug-likeness (QED) is 0.592. The van der Waals surface area contributed by atoms with Gasteiger partial charge in [0.05, 0.1) is 0 Å². The van der Waals surface area contributed by atoms with Crippen molar-refractivity contribution in [2.75, 3.05) is 6.54 Å². The van der Waals surface area contributed by atoms with Crippen LogP contribution in [0.1, 0.15) is 47.0 Å². The van der Waals surface area contributed by atoms with Crippen molar-refractivity contribution in [3.63, 3.8) is 0 Å². The van der Waals surface area contributed by atoms with Gasteiger partial charge in [0.25, 0.3) is 0 Å². The highest BCUT2D eigenvalue weighted by atomic mass is 16.6. The fraction of sp³-hybridized carbons (Fsp3) is 0.769. The Kier molecular flexibility index (Phi) is 4.54. The number of carbonyl (C=O) groups excluding carboxylic acids is 1. The van der Waals surface area contributed by atoms with Crippen molar-refractivity contribution < 1.29 is 9.53 Å². The highest BCUT2D eigenvalue weighted by molar-refractivity contribution is 5.69. The summed E-state index contributed by atoms with van der Waals surface area (Å²) in [7, 11) is 0. The minimum absolute atomic E-state index is 0.104. The zero-order valence-corrected chi connectivity index (χ0v) is 10.8. The molecular formula is C13H23NO2. The molecule has 0 aromatic heterocycles. The summed E-state index contributed by atoms with van der Waals surface area (Å²) >= 11 is 0. The van der Waals surface area contributed by atoms with Gasteiger partial charge in [0.1, 0.15) is 5.60 Å². The van der Waals surface area contributed by atoms with Crippen LogP contribution in [-0.2, 0) is 9.53 Å². The highest BCUT2D eigenvalue weighted by Crippen LogP contribution is 2.15. The molecule has 1 heterocycles. The van der Waals surface area contributed by atoms with Crippen LogP contribution in [0, 0.1) is 0 Å². The average molecular weight is 225 g/mol. The number of carbonyl (C=O) groups is 1. The number of nitrogens with one attached hydrogen (secondary N) is 1. The van der Waals surface area contributed by atoms with Crippen LogP contribution in [0.15, 0.2) is 11.6 Å². The molecule has 3 nitrogen and oxygen atoms in total. The summed E-state index contributed by atoms with van der Waals surface area (Å²) in [6.45, 7) is 8.82. The lowest BCUT2D eigenvalue weighted by Gasteiger charge is -2.24. The summed E-state index contributed by atoms with van der Waals surface area (Å²) in [6, 6.07) is 0.348. The minimum Gasteiger partial charge on any atom is -0.460 e. The van der Waals surface area contributed by atoms with Gasteiger partial charge >= 0.3 is 5.97 Å². The molecule has 1 aliphatic heterocycles. The van der Waals surface area contributed by atoms with E-state index in [1.165, 1.54) is 5.57 Å². The van der Waals surface area contributed by atoms with Crippen LogP contribution < -0.4 is 5.32 Å². The monoisotopic (exact) mass is 225 g/mol. The lowest BCUT2D eigenvalue weighted by molar-refractivity contribution is -0.155. The molecule has 0 aromatic rings. The topological polar surface area (TPSA) is 38.3 Å². The summed E-state index contributed by atoms with van der Waals surface area (Å²) < 4.78 is 5.28. The molecule has 1 aliphatic rings. The summed E-state index contributed by atoms with van der Waals surface area (Å²) in [6.07, 6.45) is 4.66. The van der Waals surface area contributed by atoms with Crippen LogP contribution in [0.4, 0.5) is 0 Å². The molecule has 0 saturated heterocycles.